The topological polar surface area (TPSA) is 52.2 Å². The van der Waals surface area contributed by atoms with Gasteiger partial charge in [0.05, 0.1) is 7.11 Å². The van der Waals surface area contributed by atoms with Gasteiger partial charge in [0, 0.05) is 45.3 Å². The van der Waals surface area contributed by atoms with E-state index in [1.54, 1.807) is 13.1 Å². The zero-order valence-electron chi connectivity index (χ0n) is 17.8. The molecule has 2 fully saturated rings. The fraction of sp³-hybridized carbons (Fsp3) is 0.714. The molecule has 0 saturated carbocycles. The number of hydrogen-bond donors (Lipinski definition) is 0. The number of amides is 1. The lowest BCUT2D eigenvalue weighted by molar-refractivity contribution is -0.0760. The molecule has 1 amide bonds. The van der Waals surface area contributed by atoms with Gasteiger partial charge in [-0.3, -0.25) is 14.5 Å². The molecule has 0 atom stereocenters. The molecule has 0 N–H and O–H groups in total. The Morgan fingerprint density at radius 2 is 1.89 bits per heavy atom. The number of hydrogen-bond acceptors (Lipinski definition) is 6. The van der Waals surface area contributed by atoms with Gasteiger partial charge in [0.15, 0.2) is 0 Å². The minimum Gasteiger partial charge on any atom is -0.355 e. The van der Waals surface area contributed by atoms with Crippen LogP contribution in [0.5, 0.6) is 0 Å². The van der Waals surface area contributed by atoms with Gasteiger partial charge < -0.3 is 9.80 Å². The highest BCUT2D eigenvalue weighted by Gasteiger charge is 2.27. The van der Waals surface area contributed by atoms with Crippen LogP contribution in [0, 0.1) is 0 Å². The van der Waals surface area contributed by atoms with Crippen molar-refractivity contribution in [3.05, 3.63) is 23.9 Å². The second kappa shape index (κ2) is 9.67. The molecule has 7 nitrogen and oxygen atoms in total. The van der Waals surface area contributed by atoms with Gasteiger partial charge in [-0.25, -0.2) is 10.0 Å². The number of carbonyl (C=O) groups is 1. The Labute approximate surface area is 169 Å². The molecule has 7 heteroatoms. The maximum atomic E-state index is 12.3. The first-order valence-corrected chi connectivity index (χ1v) is 10.5. The number of rotatable bonds is 5. The Hall–Kier alpha value is -1.70. The molecule has 2 saturated heterocycles. The molecule has 0 aliphatic carbocycles. The van der Waals surface area contributed by atoms with Crippen molar-refractivity contribution in [3.8, 4) is 0 Å². The molecule has 3 rings (SSSR count). The van der Waals surface area contributed by atoms with Crippen LogP contribution in [0.3, 0.4) is 0 Å². The van der Waals surface area contributed by atoms with E-state index < -0.39 is 0 Å². The van der Waals surface area contributed by atoms with Crippen molar-refractivity contribution in [1.29, 1.82) is 0 Å². The summed E-state index contributed by atoms with van der Waals surface area (Å²) in [6.07, 6.45) is 3.66. The molecule has 3 heterocycles. The highest BCUT2D eigenvalue weighted by Crippen LogP contribution is 2.21. The summed E-state index contributed by atoms with van der Waals surface area (Å²) in [5, 5.41) is 1.21. The van der Waals surface area contributed by atoms with Gasteiger partial charge in [0.25, 0.3) is 5.91 Å². The smallest absolute Gasteiger partial charge is 0.295 e. The Bertz CT molecular complexity index is 645. The van der Waals surface area contributed by atoms with E-state index in [4.69, 9.17) is 4.84 Å². The van der Waals surface area contributed by atoms with Crippen LogP contribution >= 0.6 is 0 Å². The first kappa shape index (κ1) is 21.0. The van der Waals surface area contributed by atoms with Crippen molar-refractivity contribution >= 4 is 11.7 Å². The van der Waals surface area contributed by atoms with Crippen molar-refractivity contribution in [3.63, 3.8) is 0 Å². The Morgan fingerprint density at radius 1 is 1.14 bits per heavy atom. The van der Waals surface area contributed by atoms with Gasteiger partial charge in [0.1, 0.15) is 11.5 Å². The third-order valence-corrected chi connectivity index (χ3v) is 6.11. The zero-order chi connectivity index (χ0) is 20.1. The number of likely N-dealkylation sites (tertiary alicyclic amines) is 1. The van der Waals surface area contributed by atoms with Crippen molar-refractivity contribution in [1.82, 2.24) is 19.8 Å². The van der Waals surface area contributed by atoms with Gasteiger partial charge in [-0.15, -0.1) is 0 Å². The number of anilines is 1. The molecule has 2 aliphatic heterocycles. The average Bonchev–Trinajstić information content (AvgIpc) is 2.99. The highest BCUT2D eigenvalue weighted by molar-refractivity contribution is 5.91. The van der Waals surface area contributed by atoms with E-state index in [-0.39, 0.29) is 5.91 Å². The van der Waals surface area contributed by atoms with Crippen LogP contribution < -0.4 is 4.90 Å². The van der Waals surface area contributed by atoms with E-state index in [0.29, 0.717) is 17.8 Å². The Balaban J connectivity index is 1.59. The van der Waals surface area contributed by atoms with Gasteiger partial charge in [-0.05, 0) is 58.3 Å². The van der Waals surface area contributed by atoms with E-state index in [1.807, 2.05) is 12.1 Å². The molecule has 1 aromatic heterocycles. The Kier molecular flexibility index (Phi) is 7.26. The molecule has 1 aromatic rings. The summed E-state index contributed by atoms with van der Waals surface area (Å²) < 4.78 is 0. The SMILES string of the molecule is CON(C)C(=O)c1cccc(N2CCCN(C3CCN(C(C)C)CC3)CC2)n1. The summed E-state index contributed by atoms with van der Waals surface area (Å²) in [4.78, 5) is 29.5. The average molecular weight is 390 g/mol. The quantitative estimate of drug-likeness (QED) is 0.719. The van der Waals surface area contributed by atoms with Crippen LogP contribution in [-0.4, -0.2) is 91.3 Å². The third-order valence-electron chi connectivity index (χ3n) is 6.11. The molecule has 0 bridgehead atoms. The van der Waals surface area contributed by atoms with E-state index in [2.05, 4.69) is 33.5 Å². The fourth-order valence-electron chi connectivity index (χ4n) is 4.26. The molecule has 0 aromatic carbocycles. The molecular weight excluding hydrogens is 354 g/mol. The summed E-state index contributed by atoms with van der Waals surface area (Å²) in [7, 11) is 3.09. The molecular formula is C21H35N5O2. The van der Waals surface area contributed by atoms with Gasteiger partial charge in [-0.2, -0.15) is 0 Å². The van der Waals surface area contributed by atoms with Crippen LogP contribution in [0.2, 0.25) is 0 Å². The van der Waals surface area contributed by atoms with E-state index >= 15 is 0 Å². The molecule has 0 spiro atoms. The standard InChI is InChI=1S/C21H35N5O2/c1-17(2)24-13-9-18(10-14-24)25-11-6-12-26(16-15-25)20-8-5-7-19(22-20)21(27)23(3)28-4/h5,7-8,17-18H,6,9-16H2,1-4H3. The third kappa shape index (κ3) is 5.01. The summed E-state index contributed by atoms with van der Waals surface area (Å²) in [6.45, 7) is 11.1. The maximum absolute atomic E-state index is 12.3. The summed E-state index contributed by atoms with van der Waals surface area (Å²) in [6, 6.07) is 7.00. The lowest BCUT2D eigenvalue weighted by Crippen LogP contribution is -2.47. The zero-order valence-corrected chi connectivity index (χ0v) is 17.8. The van der Waals surface area contributed by atoms with Gasteiger partial charge >= 0.3 is 0 Å². The van der Waals surface area contributed by atoms with Crippen LogP contribution in [0.1, 0.15) is 43.6 Å². The summed E-state index contributed by atoms with van der Waals surface area (Å²) in [5.41, 5.74) is 0.420. The normalized spacial score (nSPS) is 20.4. The monoisotopic (exact) mass is 389 g/mol. The number of hydroxylamine groups is 2. The Morgan fingerprint density at radius 3 is 2.57 bits per heavy atom. The lowest BCUT2D eigenvalue weighted by Gasteiger charge is -2.39. The second-order valence-electron chi connectivity index (χ2n) is 8.10. The van der Waals surface area contributed by atoms with Gasteiger partial charge in [-0.1, -0.05) is 6.07 Å². The molecule has 0 radical (unpaired) electrons. The minimum absolute atomic E-state index is 0.224. The summed E-state index contributed by atoms with van der Waals surface area (Å²) in [5.74, 6) is 0.657. The van der Waals surface area contributed by atoms with Crippen molar-refractivity contribution in [2.75, 3.05) is 58.3 Å². The van der Waals surface area contributed by atoms with E-state index in [1.165, 1.54) is 38.1 Å². The number of aromatic nitrogens is 1. The molecule has 28 heavy (non-hydrogen) atoms. The van der Waals surface area contributed by atoms with Crippen LogP contribution in [0.15, 0.2) is 18.2 Å². The van der Waals surface area contributed by atoms with Crippen LogP contribution in [-0.2, 0) is 4.84 Å². The van der Waals surface area contributed by atoms with Crippen molar-refractivity contribution in [2.45, 2.75) is 45.2 Å². The number of nitrogens with zero attached hydrogens (tertiary/aromatic N) is 5. The minimum atomic E-state index is -0.224. The number of piperidine rings is 1. The summed E-state index contributed by atoms with van der Waals surface area (Å²) >= 11 is 0. The van der Waals surface area contributed by atoms with Gasteiger partial charge in [0.2, 0.25) is 0 Å². The van der Waals surface area contributed by atoms with Crippen molar-refractivity contribution < 1.29 is 9.63 Å². The van der Waals surface area contributed by atoms with E-state index in [9.17, 15) is 4.79 Å². The molecule has 156 valence electrons. The van der Waals surface area contributed by atoms with Crippen LogP contribution in [0.25, 0.3) is 0 Å². The first-order valence-electron chi connectivity index (χ1n) is 10.5. The van der Waals surface area contributed by atoms with E-state index in [0.717, 1.165) is 38.4 Å². The lowest BCUT2D eigenvalue weighted by atomic mass is 10.0. The maximum Gasteiger partial charge on any atom is 0.295 e. The first-order chi connectivity index (χ1) is 13.5. The number of carbonyl (C=O) groups excluding carboxylic acids is 1. The predicted molar refractivity (Wildman–Crippen MR) is 111 cm³/mol. The highest BCUT2D eigenvalue weighted by atomic mass is 16.7. The van der Waals surface area contributed by atoms with Crippen molar-refractivity contribution in [2.24, 2.45) is 0 Å². The second-order valence-corrected chi connectivity index (χ2v) is 8.10. The predicted octanol–water partition coefficient (Wildman–Crippen LogP) is 2.10. The largest absolute Gasteiger partial charge is 0.355 e. The number of pyridine rings is 1. The fourth-order valence-corrected chi connectivity index (χ4v) is 4.26. The molecule has 0 unspecified atom stereocenters. The van der Waals surface area contributed by atoms with Crippen LogP contribution in [0.4, 0.5) is 5.82 Å². The molecule has 2 aliphatic rings.